The fourth-order valence-electron chi connectivity index (χ4n) is 3.12. The van der Waals surface area contributed by atoms with Crippen molar-refractivity contribution in [3.63, 3.8) is 0 Å². The Kier molecular flexibility index (Phi) is 5.14. The minimum Gasteiger partial charge on any atom is -0.337 e. The Bertz CT molecular complexity index is 1240. The van der Waals surface area contributed by atoms with Gasteiger partial charge in [-0.1, -0.05) is 30.9 Å². The number of imidazole rings is 2. The van der Waals surface area contributed by atoms with Crippen LogP contribution in [0.15, 0.2) is 60.9 Å². The summed E-state index contributed by atoms with van der Waals surface area (Å²) in [7, 11) is 1.95. The van der Waals surface area contributed by atoms with Gasteiger partial charge in [-0.2, -0.15) is 0 Å². The van der Waals surface area contributed by atoms with Gasteiger partial charge in [0.15, 0.2) is 11.0 Å². The van der Waals surface area contributed by atoms with E-state index in [0.717, 1.165) is 50.2 Å². The van der Waals surface area contributed by atoms with Crippen molar-refractivity contribution in [3.8, 4) is 11.5 Å². The molecule has 6 nitrogen and oxygen atoms in total. The highest BCUT2D eigenvalue weighted by Crippen LogP contribution is 2.30. The number of rotatable bonds is 6. The van der Waals surface area contributed by atoms with Gasteiger partial charge >= 0.3 is 0 Å². The molecular weight excluding hydrogens is 380 g/mol. The van der Waals surface area contributed by atoms with Crippen LogP contribution in [0.1, 0.15) is 18.2 Å². The summed E-state index contributed by atoms with van der Waals surface area (Å²) in [5, 5.41) is 6.32. The second-order valence-electron chi connectivity index (χ2n) is 6.68. The van der Waals surface area contributed by atoms with Crippen molar-refractivity contribution in [3.05, 3.63) is 72.2 Å². The number of anilines is 2. The Morgan fingerprint density at radius 2 is 2.17 bits per heavy atom. The fraction of sp³-hybridized carbons (Fsp3) is 0.136. The summed E-state index contributed by atoms with van der Waals surface area (Å²) in [4.78, 5) is 17.0. The number of aromatic amines is 1. The van der Waals surface area contributed by atoms with Crippen LogP contribution in [0, 0.1) is 6.92 Å². The molecule has 0 aliphatic carbocycles. The van der Waals surface area contributed by atoms with Gasteiger partial charge in [0.1, 0.15) is 5.69 Å². The molecule has 4 aromatic rings. The summed E-state index contributed by atoms with van der Waals surface area (Å²) < 4.78 is 1.94. The lowest BCUT2D eigenvalue weighted by atomic mass is 10.1. The first-order valence-corrected chi connectivity index (χ1v) is 10.1. The van der Waals surface area contributed by atoms with Crippen LogP contribution in [-0.2, 0) is 7.05 Å². The van der Waals surface area contributed by atoms with Crippen molar-refractivity contribution < 1.29 is 0 Å². The third kappa shape index (κ3) is 3.77. The molecule has 0 amide bonds. The average Bonchev–Trinajstić information content (AvgIpc) is 3.41. The molecule has 3 heterocycles. The van der Waals surface area contributed by atoms with Crippen molar-refractivity contribution in [1.82, 2.24) is 24.5 Å². The number of hydrogen-bond donors (Lipinski definition) is 2. The summed E-state index contributed by atoms with van der Waals surface area (Å²) >= 11 is 1.57. The third-order valence-electron chi connectivity index (χ3n) is 4.57. The number of benzene rings is 1. The third-order valence-corrected chi connectivity index (χ3v) is 5.33. The van der Waals surface area contributed by atoms with Crippen LogP contribution >= 0.6 is 11.3 Å². The molecular formula is C22H22N6S. The first-order chi connectivity index (χ1) is 14.1. The van der Waals surface area contributed by atoms with Crippen LogP contribution in [0.3, 0.4) is 0 Å². The van der Waals surface area contributed by atoms with Crippen LogP contribution in [0.4, 0.5) is 10.8 Å². The van der Waals surface area contributed by atoms with Gasteiger partial charge in [-0.05, 0) is 31.5 Å². The highest BCUT2D eigenvalue weighted by molar-refractivity contribution is 7.13. The van der Waals surface area contributed by atoms with Gasteiger partial charge in [-0.15, -0.1) is 11.3 Å². The second kappa shape index (κ2) is 7.89. The number of H-pyrrole nitrogens is 1. The zero-order valence-electron chi connectivity index (χ0n) is 16.6. The fourth-order valence-corrected chi connectivity index (χ4v) is 3.85. The van der Waals surface area contributed by atoms with Crippen molar-refractivity contribution in [1.29, 1.82) is 0 Å². The normalized spacial score (nSPS) is 12.2. The number of aromatic nitrogens is 5. The molecule has 3 aromatic heterocycles. The SMILES string of the molecule is C=C/C=C(\C=C/C)c1csc(Nc2cc3nc(-c4cncn4C)[nH]c3cc2C)n1. The molecule has 0 bridgehead atoms. The maximum Gasteiger partial charge on any atom is 0.187 e. The molecule has 0 fully saturated rings. The minimum absolute atomic E-state index is 0.804. The largest absolute Gasteiger partial charge is 0.337 e. The van der Waals surface area contributed by atoms with Gasteiger partial charge in [-0.3, -0.25) is 0 Å². The highest BCUT2D eigenvalue weighted by Gasteiger charge is 2.12. The van der Waals surface area contributed by atoms with Crippen molar-refractivity contribution in [2.45, 2.75) is 13.8 Å². The van der Waals surface area contributed by atoms with E-state index in [1.165, 1.54) is 0 Å². The van der Waals surface area contributed by atoms with Gasteiger partial charge in [0.25, 0.3) is 0 Å². The van der Waals surface area contributed by atoms with E-state index in [2.05, 4.69) is 40.9 Å². The lowest BCUT2D eigenvalue weighted by Crippen LogP contribution is -1.93. The van der Waals surface area contributed by atoms with E-state index in [4.69, 9.17) is 9.97 Å². The molecule has 0 radical (unpaired) electrons. The van der Waals surface area contributed by atoms with E-state index in [1.807, 2.05) is 42.1 Å². The summed E-state index contributed by atoms with van der Waals surface area (Å²) in [6, 6.07) is 4.15. The smallest absolute Gasteiger partial charge is 0.187 e. The standard InChI is InChI=1S/C22H22N6S/c1-5-7-15(8-6-2)19-12-29-22(27-19)26-16-10-18-17(9-14(16)3)24-21(25-18)20-11-23-13-28(20)4/h5-13H,1H2,2-4H3,(H,24,25)(H,26,27)/b8-6-,15-7+. The first kappa shape index (κ1) is 18.9. The Hall–Kier alpha value is -3.45. The first-order valence-electron chi connectivity index (χ1n) is 9.24. The lowest BCUT2D eigenvalue weighted by Gasteiger charge is -2.06. The zero-order chi connectivity index (χ0) is 20.4. The Labute approximate surface area is 173 Å². The lowest BCUT2D eigenvalue weighted by molar-refractivity contribution is 0.913. The van der Waals surface area contributed by atoms with Crippen LogP contribution in [-0.4, -0.2) is 24.5 Å². The number of thiazole rings is 1. The maximum absolute atomic E-state index is 4.74. The molecule has 0 atom stereocenters. The number of hydrogen-bond acceptors (Lipinski definition) is 5. The van der Waals surface area contributed by atoms with E-state index in [1.54, 1.807) is 29.9 Å². The molecule has 2 N–H and O–H groups in total. The number of nitrogens with zero attached hydrogens (tertiary/aromatic N) is 4. The molecule has 0 aliphatic rings. The predicted octanol–water partition coefficient (Wildman–Crippen LogP) is 5.62. The van der Waals surface area contributed by atoms with Crippen molar-refractivity contribution >= 4 is 38.8 Å². The summed E-state index contributed by atoms with van der Waals surface area (Å²) in [6.45, 7) is 7.85. The summed E-state index contributed by atoms with van der Waals surface area (Å²) in [6.07, 6.45) is 11.3. The predicted molar refractivity (Wildman–Crippen MR) is 121 cm³/mol. The van der Waals surface area contributed by atoms with E-state index in [0.29, 0.717) is 0 Å². The van der Waals surface area contributed by atoms with E-state index >= 15 is 0 Å². The van der Waals surface area contributed by atoms with Crippen molar-refractivity contribution in [2.24, 2.45) is 7.05 Å². The monoisotopic (exact) mass is 402 g/mol. The molecule has 146 valence electrons. The van der Waals surface area contributed by atoms with E-state index in [-0.39, 0.29) is 0 Å². The zero-order valence-corrected chi connectivity index (χ0v) is 17.4. The Balaban J connectivity index is 1.65. The number of aryl methyl sites for hydroxylation is 2. The molecule has 0 aliphatic heterocycles. The van der Waals surface area contributed by atoms with Crippen molar-refractivity contribution in [2.75, 3.05) is 5.32 Å². The molecule has 0 saturated heterocycles. The van der Waals surface area contributed by atoms with Gasteiger partial charge in [-0.25, -0.2) is 15.0 Å². The molecule has 1 aromatic carbocycles. The minimum atomic E-state index is 0.804. The molecule has 7 heteroatoms. The topological polar surface area (TPSA) is 71.4 Å². The summed E-state index contributed by atoms with van der Waals surface area (Å²) in [5.74, 6) is 0.804. The number of nitrogens with one attached hydrogen (secondary N) is 2. The molecule has 29 heavy (non-hydrogen) atoms. The van der Waals surface area contributed by atoms with Gasteiger partial charge in [0.2, 0.25) is 0 Å². The van der Waals surface area contributed by atoms with Crippen LogP contribution in [0.25, 0.3) is 28.1 Å². The van der Waals surface area contributed by atoms with E-state index < -0.39 is 0 Å². The summed E-state index contributed by atoms with van der Waals surface area (Å²) in [5.41, 5.74) is 6.90. The molecule has 0 spiro atoms. The second-order valence-corrected chi connectivity index (χ2v) is 7.54. The number of fused-ring (bicyclic) bond motifs is 1. The quantitative estimate of drug-likeness (QED) is 0.411. The van der Waals surface area contributed by atoms with E-state index in [9.17, 15) is 0 Å². The molecule has 0 unspecified atom stereocenters. The number of allylic oxidation sites excluding steroid dienone is 5. The average molecular weight is 403 g/mol. The Morgan fingerprint density at radius 1 is 1.31 bits per heavy atom. The highest BCUT2D eigenvalue weighted by atomic mass is 32.1. The molecule has 4 rings (SSSR count). The van der Waals surface area contributed by atoms with Gasteiger partial charge < -0.3 is 14.9 Å². The van der Waals surface area contributed by atoms with Crippen LogP contribution in [0.5, 0.6) is 0 Å². The molecule has 0 saturated carbocycles. The van der Waals surface area contributed by atoms with Gasteiger partial charge in [0.05, 0.1) is 29.3 Å². The maximum atomic E-state index is 4.74. The van der Waals surface area contributed by atoms with Gasteiger partial charge in [0, 0.05) is 23.7 Å². The van der Waals surface area contributed by atoms with Crippen LogP contribution in [0.2, 0.25) is 0 Å². The Morgan fingerprint density at radius 3 is 2.90 bits per heavy atom. The van der Waals surface area contributed by atoms with Crippen LogP contribution < -0.4 is 5.32 Å².